The summed E-state index contributed by atoms with van der Waals surface area (Å²) in [5, 5.41) is 13.0. The van der Waals surface area contributed by atoms with Crippen molar-refractivity contribution in [3.8, 4) is 0 Å². The summed E-state index contributed by atoms with van der Waals surface area (Å²) in [6.07, 6.45) is 0.434. The average molecular weight is 244 g/mol. The highest BCUT2D eigenvalue weighted by atomic mass is 16.5. The zero-order valence-corrected chi connectivity index (χ0v) is 11.0. The lowest BCUT2D eigenvalue weighted by atomic mass is 10.1. The average Bonchev–Trinajstić information content (AvgIpc) is 2.26. The van der Waals surface area contributed by atoms with Crippen LogP contribution in [0.5, 0.6) is 0 Å². The highest BCUT2D eigenvalue weighted by molar-refractivity contribution is 5.76. The molecule has 0 spiro atoms. The van der Waals surface area contributed by atoms with Crippen molar-refractivity contribution in [3.63, 3.8) is 0 Å². The number of morpholine rings is 1. The van der Waals surface area contributed by atoms with E-state index in [2.05, 4.69) is 5.32 Å². The molecule has 5 nitrogen and oxygen atoms in total. The zero-order chi connectivity index (χ0) is 12.9. The van der Waals surface area contributed by atoms with Crippen LogP contribution in [0.4, 0.5) is 0 Å². The first-order chi connectivity index (χ1) is 7.92. The normalized spacial score (nSPS) is 21.3. The minimum atomic E-state index is -0.845. The van der Waals surface area contributed by atoms with E-state index in [1.165, 1.54) is 0 Å². The summed E-state index contributed by atoms with van der Waals surface area (Å²) < 4.78 is 5.31. The fourth-order valence-electron chi connectivity index (χ4n) is 1.93. The van der Waals surface area contributed by atoms with Crippen LogP contribution in [-0.2, 0) is 9.53 Å². The highest BCUT2D eigenvalue weighted by Gasteiger charge is 2.24. The molecule has 1 rings (SSSR count). The molecule has 0 saturated carbocycles. The lowest BCUT2D eigenvalue weighted by Gasteiger charge is -2.30. The van der Waals surface area contributed by atoms with E-state index < -0.39 is 5.60 Å². The predicted octanol–water partition coefficient (Wildman–Crippen LogP) is -0.0157. The third-order valence-electron chi connectivity index (χ3n) is 2.73. The van der Waals surface area contributed by atoms with Crippen molar-refractivity contribution in [2.75, 3.05) is 32.8 Å². The van der Waals surface area contributed by atoms with Gasteiger partial charge in [0.25, 0.3) is 0 Å². The van der Waals surface area contributed by atoms with Crippen LogP contribution in [0.1, 0.15) is 27.2 Å². The number of rotatable bonds is 5. The Bertz CT molecular complexity index is 245. The van der Waals surface area contributed by atoms with Crippen LogP contribution >= 0.6 is 0 Å². The van der Waals surface area contributed by atoms with E-state index in [-0.39, 0.29) is 11.9 Å². The molecule has 1 amide bonds. The third kappa shape index (κ3) is 5.48. The summed E-state index contributed by atoms with van der Waals surface area (Å²) in [5.74, 6) is 0.0672. The van der Waals surface area contributed by atoms with E-state index in [0.29, 0.717) is 32.7 Å². The molecule has 5 heteroatoms. The SMILES string of the molecule is CCN(CC(C)(C)O)C(=O)CC1COCCN1. The van der Waals surface area contributed by atoms with Gasteiger partial charge in [0, 0.05) is 32.1 Å². The largest absolute Gasteiger partial charge is 0.389 e. The Labute approximate surface area is 103 Å². The van der Waals surface area contributed by atoms with Gasteiger partial charge in [-0.15, -0.1) is 0 Å². The first-order valence-corrected chi connectivity index (χ1v) is 6.23. The topological polar surface area (TPSA) is 61.8 Å². The van der Waals surface area contributed by atoms with Crippen LogP contribution in [0.25, 0.3) is 0 Å². The Balaban J connectivity index is 2.42. The first kappa shape index (κ1) is 14.4. The molecule has 1 aliphatic heterocycles. The smallest absolute Gasteiger partial charge is 0.224 e. The standard InChI is InChI=1S/C12H24N2O3/c1-4-14(9-12(2,3)16)11(15)7-10-8-17-6-5-13-10/h10,13,16H,4-9H2,1-3H3. The van der Waals surface area contributed by atoms with Gasteiger partial charge in [-0.1, -0.05) is 0 Å². The molecule has 1 atom stereocenters. The van der Waals surface area contributed by atoms with Crippen LogP contribution in [-0.4, -0.2) is 60.4 Å². The second kappa shape index (κ2) is 6.33. The number of nitrogens with one attached hydrogen (secondary N) is 1. The van der Waals surface area contributed by atoms with Gasteiger partial charge in [-0.3, -0.25) is 4.79 Å². The molecule has 1 fully saturated rings. The summed E-state index contributed by atoms with van der Waals surface area (Å²) in [4.78, 5) is 13.7. The van der Waals surface area contributed by atoms with Gasteiger partial charge in [0.15, 0.2) is 0 Å². The van der Waals surface area contributed by atoms with Crippen molar-refractivity contribution in [2.24, 2.45) is 0 Å². The number of carbonyl (C=O) groups excluding carboxylic acids is 1. The number of amides is 1. The van der Waals surface area contributed by atoms with Crippen LogP contribution in [0.15, 0.2) is 0 Å². The molecule has 0 aliphatic carbocycles. The monoisotopic (exact) mass is 244 g/mol. The van der Waals surface area contributed by atoms with Crippen molar-refractivity contribution in [2.45, 2.75) is 38.8 Å². The number of likely N-dealkylation sites (N-methyl/N-ethyl adjacent to an activating group) is 1. The molecule has 1 aliphatic rings. The fourth-order valence-corrected chi connectivity index (χ4v) is 1.93. The van der Waals surface area contributed by atoms with Crippen molar-refractivity contribution in [1.82, 2.24) is 10.2 Å². The minimum Gasteiger partial charge on any atom is -0.389 e. The molecule has 1 saturated heterocycles. The fraction of sp³-hybridized carbons (Fsp3) is 0.917. The quantitative estimate of drug-likeness (QED) is 0.714. The van der Waals surface area contributed by atoms with Gasteiger partial charge in [0.2, 0.25) is 5.91 Å². The number of carbonyl (C=O) groups is 1. The molecule has 0 aromatic rings. The van der Waals surface area contributed by atoms with Gasteiger partial charge < -0.3 is 20.1 Å². The molecule has 1 heterocycles. The Morgan fingerprint density at radius 2 is 2.29 bits per heavy atom. The van der Waals surface area contributed by atoms with E-state index in [1.54, 1.807) is 18.7 Å². The van der Waals surface area contributed by atoms with Gasteiger partial charge in [0.1, 0.15) is 0 Å². The van der Waals surface area contributed by atoms with Gasteiger partial charge in [-0.25, -0.2) is 0 Å². The molecule has 17 heavy (non-hydrogen) atoms. The molecule has 2 N–H and O–H groups in total. The Morgan fingerprint density at radius 1 is 1.59 bits per heavy atom. The Hall–Kier alpha value is -0.650. The number of hydrogen-bond acceptors (Lipinski definition) is 4. The summed E-state index contributed by atoms with van der Waals surface area (Å²) in [7, 11) is 0. The molecule has 0 bridgehead atoms. The first-order valence-electron chi connectivity index (χ1n) is 6.23. The van der Waals surface area contributed by atoms with Crippen LogP contribution in [0, 0.1) is 0 Å². The van der Waals surface area contributed by atoms with Crippen LogP contribution in [0.3, 0.4) is 0 Å². The number of nitrogens with zero attached hydrogens (tertiary/aromatic N) is 1. The molecule has 100 valence electrons. The van der Waals surface area contributed by atoms with Crippen molar-refractivity contribution >= 4 is 5.91 Å². The lowest BCUT2D eigenvalue weighted by molar-refractivity contribution is -0.135. The summed E-state index contributed by atoms with van der Waals surface area (Å²) in [6, 6.07) is 0.104. The Kier molecular flexibility index (Phi) is 5.36. The maximum atomic E-state index is 12.0. The molecule has 1 unspecified atom stereocenters. The third-order valence-corrected chi connectivity index (χ3v) is 2.73. The summed E-state index contributed by atoms with van der Waals surface area (Å²) in [5.41, 5.74) is -0.845. The van der Waals surface area contributed by atoms with Gasteiger partial charge in [0.05, 0.1) is 18.8 Å². The van der Waals surface area contributed by atoms with Gasteiger partial charge in [-0.2, -0.15) is 0 Å². The van der Waals surface area contributed by atoms with Crippen LogP contribution < -0.4 is 5.32 Å². The predicted molar refractivity (Wildman–Crippen MR) is 65.8 cm³/mol. The molecule has 0 aromatic heterocycles. The van der Waals surface area contributed by atoms with Gasteiger partial charge in [-0.05, 0) is 20.8 Å². The summed E-state index contributed by atoms with van der Waals surface area (Å²) >= 11 is 0. The maximum Gasteiger partial charge on any atom is 0.224 e. The van der Waals surface area contributed by atoms with Gasteiger partial charge >= 0.3 is 0 Å². The van der Waals surface area contributed by atoms with Crippen LogP contribution in [0.2, 0.25) is 0 Å². The van der Waals surface area contributed by atoms with Crippen molar-refractivity contribution in [3.05, 3.63) is 0 Å². The van der Waals surface area contributed by atoms with Crippen molar-refractivity contribution < 1.29 is 14.6 Å². The Morgan fingerprint density at radius 3 is 2.76 bits per heavy atom. The maximum absolute atomic E-state index is 12.0. The van der Waals surface area contributed by atoms with Crippen molar-refractivity contribution in [1.29, 1.82) is 0 Å². The number of aliphatic hydroxyl groups is 1. The molecular weight excluding hydrogens is 220 g/mol. The molecular formula is C12H24N2O3. The zero-order valence-electron chi connectivity index (χ0n) is 11.0. The van der Waals surface area contributed by atoms with E-state index >= 15 is 0 Å². The molecule has 0 radical (unpaired) electrons. The minimum absolute atomic E-state index is 0.0672. The number of hydrogen-bond donors (Lipinski definition) is 2. The lowest BCUT2D eigenvalue weighted by Crippen LogP contribution is -2.47. The number of ether oxygens (including phenoxy) is 1. The molecule has 0 aromatic carbocycles. The van der Waals surface area contributed by atoms with E-state index in [4.69, 9.17) is 4.74 Å². The second-order valence-corrected chi connectivity index (χ2v) is 5.15. The second-order valence-electron chi connectivity index (χ2n) is 5.15. The van der Waals surface area contributed by atoms with E-state index in [1.807, 2.05) is 6.92 Å². The summed E-state index contributed by atoms with van der Waals surface area (Å²) in [6.45, 7) is 8.45. The van der Waals surface area contributed by atoms with E-state index in [0.717, 1.165) is 6.54 Å². The van der Waals surface area contributed by atoms with E-state index in [9.17, 15) is 9.90 Å². The highest BCUT2D eigenvalue weighted by Crippen LogP contribution is 2.08.